The van der Waals surface area contributed by atoms with Crippen LogP contribution in [-0.4, -0.2) is 16.7 Å². The first-order valence-corrected chi connectivity index (χ1v) is 8.71. The first-order chi connectivity index (χ1) is 11.0. The van der Waals surface area contributed by atoms with Gasteiger partial charge in [0.05, 0.1) is 5.41 Å². The van der Waals surface area contributed by atoms with Crippen LogP contribution in [0.5, 0.6) is 0 Å². The van der Waals surface area contributed by atoms with Crippen LogP contribution in [0.1, 0.15) is 48.9 Å². The lowest BCUT2D eigenvalue weighted by Gasteiger charge is -2.59. The summed E-state index contributed by atoms with van der Waals surface area (Å²) in [6.45, 7) is 0. The number of halogens is 1. The molecule has 5 rings (SSSR count). The van der Waals surface area contributed by atoms with Gasteiger partial charge in [-0.25, -0.2) is 0 Å². The Kier molecular flexibility index (Phi) is 3.41. The zero-order valence-corrected chi connectivity index (χ0v) is 13.7. The van der Waals surface area contributed by atoms with Gasteiger partial charge in [-0.15, -0.1) is 11.6 Å². The zero-order chi connectivity index (χ0) is 16.1. The van der Waals surface area contributed by atoms with Gasteiger partial charge < -0.3 is 0 Å². The van der Waals surface area contributed by atoms with Crippen molar-refractivity contribution in [3.63, 3.8) is 0 Å². The van der Waals surface area contributed by atoms with Crippen molar-refractivity contribution in [2.24, 2.45) is 17.3 Å². The third-order valence-corrected chi connectivity index (χ3v) is 6.24. The highest BCUT2D eigenvalue weighted by molar-refractivity contribution is 6.24. The Morgan fingerprint density at radius 3 is 2.26 bits per heavy atom. The van der Waals surface area contributed by atoms with Gasteiger partial charge in [-0.1, -0.05) is 18.2 Å². The van der Waals surface area contributed by atoms with E-state index < -0.39 is 5.41 Å². The van der Waals surface area contributed by atoms with Crippen LogP contribution in [0, 0.1) is 17.3 Å². The Morgan fingerprint density at radius 1 is 1.00 bits per heavy atom. The highest BCUT2D eigenvalue weighted by atomic mass is 35.5. The number of hydrogen-bond donors (Lipinski definition) is 2. The van der Waals surface area contributed by atoms with Gasteiger partial charge in [-0.05, 0) is 62.5 Å². The van der Waals surface area contributed by atoms with E-state index in [9.17, 15) is 9.59 Å². The number of carbonyl (C=O) groups excluding carboxylic acids is 2. The van der Waals surface area contributed by atoms with Crippen LogP contribution >= 0.6 is 11.6 Å². The SMILES string of the molecule is O=C(NNC(=O)C12C[C@@H]3C[C@@H](CC(Cl)(C3)C1)C2)c1ccccc1. The standard InChI is InChI=1S/C18H21ClN2O2/c19-18-9-12-6-13(10-18)8-17(7-12,11-18)16(23)21-20-15(22)14-4-2-1-3-5-14/h1-5,12-13H,6-11H2,(H,20,22)(H,21,23)/t12-,13+,17?,18?. The molecule has 1 aromatic rings. The van der Waals surface area contributed by atoms with Crippen LogP contribution in [0.2, 0.25) is 0 Å². The van der Waals surface area contributed by atoms with Crippen molar-refractivity contribution in [3.05, 3.63) is 35.9 Å². The number of hydrogen-bond acceptors (Lipinski definition) is 2. The summed E-state index contributed by atoms with van der Waals surface area (Å²) in [5, 5.41) is 0. The summed E-state index contributed by atoms with van der Waals surface area (Å²) in [6, 6.07) is 8.89. The van der Waals surface area contributed by atoms with E-state index in [0.717, 1.165) is 32.1 Å². The van der Waals surface area contributed by atoms with E-state index in [0.29, 0.717) is 17.4 Å². The van der Waals surface area contributed by atoms with Gasteiger partial charge in [0, 0.05) is 10.4 Å². The second-order valence-electron chi connectivity index (χ2n) is 7.67. The first-order valence-electron chi connectivity index (χ1n) is 8.33. The number of hydrazine groups is 1. The monoisotopic (exact) mass is 332 g/mol. The Labute approximate surface area is 140 Å². The van der Waals surface area contributed by atoms with Crippen molar-refractivity contribution >= 4 is 23.4 Å². The summed E-state index contributed by atoms with van der Waals surface area (Å²) in [5.74, 6) is 0.763. The third kappa shape index (κ3) is 2.63. The molecule has 5 heteroatoms. The lowest BCUT2D eigenvalue weighted by molar-refractivity contribution is -0.145. The third-order valence-electron chi connectivity index (χ3n) is 5.80. The molecule has 4 fully saturated rings. The molecule has 4 bridgehead atoms. The average molecular weight is 333 g/mol. The quantitative estimate of drug-likeness (QED) is 0.646. The highest BCUT2D eigenvalue weighted by Crippen LogP contribution is 2.63. The van der Waals surface area contributed by atoms with E-state index in [1.165, 1.54) is 6.42 Å². The summed E-state index contributed by atoms with van der Waals surface area (Å²) in [5.41, 5.74) is 5.35. The molecule has 0 saturated heterocycles. The minimum atomic E-state index is -0.393. The summed E-state index contributed by atoms with van der Waals surface area (Å²) < 4.78 is 0. The second kappa shape index (κ2) is 5.23. The molecule has 4 nitrogen and oxygen atoms in total. The second-order valence-corrected chi connectivity index (χ2v) is 8.47. The van der Waals surface area contributed by atoms with E-state index in [-0.39, 0.29) is 16.7 Å². The van der Waals surface area contributed by atoms with Crippen molar-refractivity contribution < 1.29 is 9.59 Å². The molecule has 122 valence electrons. The molecule has 23 heavy (non-hydrogen) atoms. The predicted molar refractivity (Wildman–Crippen MR) is 87.7 cm³/mol. The molecular weight excluding hydrogens is 312 g/mol. The van der Waals surface area contributed by atoms with Crippen LogP contribution in [0.3, 0.4) is 0 Å². The fourth-order valence-corrected chi connectivity index (χ4v) is 6.02. The van der Waals surface area contributed by atoms with Crippen LogP contribution in [0.15, 0.2) is 30.3 Å². The molecule has 0 aromatic heterocycles. The van der Waals surface area contributed by atoms with Gasteiger partial charge in [0.25, 0.3) is 5.91 Å². The van der Waals surface area contributed by atoms with E-state index in [4.69, 9.17) is 11.6 Å². The van der Waals surface area contributed by atoms with Crippen LogP contribution in [0.25, 0.3) is 0 Å². The van der Waals surface area contributed by atoms with Gasteiger partial charge in [0.1, 0.15) is 0 Å². The molecule has 2 unspecified atom stereocenters. The van der Waals surface area contributed by atoms with Crippen molar-refractivity contribution in [1.82, 2.24) is 10.9 Å². The van der Waals surface area contributed by atoms with Gasteiger partial charge >= 0.3 is 0 Å². The van der Waals surface area contributed by atoms with Crippen molar-refractivity contribution in [3.8, 4) is 0 Å². The predicted octanol–water partition coefficient (Wildman–Crippen LogP) is 3.03. The maximum atomic E-state index is 12.8. The molecule has 2 amide bonds. The van der Waals surface area contributed by atoms with Crippen LogP contribution < -0.4 is 10.9 Å². The maximum absolute atomic E-state index is 12.8. The topological polar surface area (TPSA) is 58.2 Å². The normalized spacial score (nSPS) is 37.4. The summed E-state index contributed by atoms with van der Waals surface area (Å²) in [7, 11) is 0. The first kappa shape index (κ1) is 15.0. The maximum Gasteiger partial charge on any atom is 0.269 e. The van der Waals surface area contributed by atoms with Crippen molar-refractivity contribution in [2.75, 3.05) is 0 Å². The summed E-state index contributed by atoms with van der Waals surface area (Å²) in [6.07, 6.45) is 5.84. The van der Waals surface area contributed by atoms with Crippen LogP contribution in [-0.2, 0) is 4.79 Å². The van der Waals surface area contributed by atoms with E-state index in [2.05, 4.69) is 10.9 Å². The highest BCUT2D eigenvalue weighted by Gasteiger charge is 2.60. The fraction of sp³-hybridized carbons (Fsp3) is 0.556. The Hall–Kier alpha value is -1.55. The summed E-state index contributed by atoms with van der Waals surface area (Å²) >= 11 is 6.76. The molecule has 0 aliphatic heterocycles. The van der Waals surface area contributed by atoms with Gasteiger partial charge in [0.2, 0.25) is 5.91 Å². The largest absolute Gasteiger partial charge is 0.273 e. The number of benzene rings is 1. The molecular formula is C18H21ClN2O2. The molecule has 4 atom stereocenters. The minimum absolute atomic E-state index is 0.0686. The van der Waals surface area contributed by atoms with Crippen LogP contribution in [0.4, 0.5) is 0 Å². The molecule has 4 aliphatic rings. The molecule has 1 aromatic carbocycles. The summed E-state index contributed by atoms with van der Waals surface area (Å²) in [4.78, 5) is 24.7. The smallest absolute Gasteiger partial charge is 0.269 e. The minimum Gasteiger partial charge on any atom is -0.273 e. The zero-order valence-electron chi connectivity index (χ0n) is 13.0. The Bertz CT molecular complexity index is 632. The number of carbonyl (C=O) groups is 2. The Morgan fingerprint density at radius 2 is 1.65 bits per heavy atom. The molecule has 4 saturated carbocycles. The lowest BCUT2D eigenvalue weighted by atomic mass is 9.49. The Balaban J connectivity index is 1.44. The molecule has 4 aliphatic carbocycles. The number of amides is 2. The molecule has 0 spiro atoms. The van der Waals surface area contributed by atoms with E-state index >= 15 is 0 Å². The molecule has 0 radical (unpaired) electrons. The molecule has 2 N–H and O–H groups in total. The fourth-order valence-electron chi connectivity index (χ4n) is 5.32. The van der Waals surface area contributed by atoms with Crippen molar-refractivity contribution in [2.45, 2.75) is 43.4 Å². The number of nitrogens with one attached hydrogen (secondary N) is 2. The average Bonchev–Trinajstić information content (AvgIpc) is 2.50. The van der Waals surface area contributed by atoms with Crippen molar-refractivity contribution in [1.29, 1.82) is 0 Å². The van der Waals surface area contributed by atoms with Gasteiger partial charge in [-0.3, -0.25) is 20.4 Å². The molecule has 0 heterocycles. The lowest BCUT2D eigenvalue weighted by Crippen LogP contribution is -2.60. The van der Waals surface area contributed by atoms with Gasteiger partial charge in [0.15, 0.2) is 0 Å². The van der Waals surface area contributed by atoms with E-state index in [1.807, 2.05) is 6.07 Å². The van der Waals surface area contributed by atoms with E-state index in [1.54, 1.807) is 24.3 Å². The van der Waals surface area contributed by atoms with Gasteiger partial charge in [-0.2, -0.15) is 0 Å². The number of rotatable bonds is 2. The number of alkyl halides is 1.